The van der Waals surface area contributed by atoms with Crippen LogP contribution in [0.5, 0.6) is 5.75 Å². The highest BCUT2D eigenvalue weighted by Gasteiger charge is 2.31. The monoisotopic (exact) mass is 377 g/mol. The highest BCUT2D eigenvalue weighted by Crippen LogP contribution is 2.50. The Balaban J connectivity index is 2.46. The van der Waals surface area contributed by atoms with Crippen molar-refractivity contribution in [1.29, 1.82) is 0 Å². The van der Waals surface area contributed by atoms with Gasteiger partial charge in [0, 0.05) is 11.8 Å². The summed E-state index contributed by atoms with van der Waals surface area (Å²) in [5, 5.41) is 0.532. The van der Waals surface area contributed by atoms with Crippen LogP contribution < -0.4 is 10.0 Å². The van der Waals surface area contributed by atoms with Gasteiger partial charge in [0.2, 0.25) is 0 Å². The van der Waals surface area contributed by atoms with E-state index >= 15 is 0 Å². The molecule has 6 heteroatoms. The topological polar surface area (TPSA) is 57.7 Å². The van der Waals surface area contributed by atoms with Crippen LogP contribution in [0.4, 0.5) is 0 Å². The molecule has 0 aliphatic heterocycles. The second kappa shape index (κ2) is 10.5. The molecule has 0 saturated heterocycles. The van der Waals surface area contributed by atoms with Gasteiger partial charge in [-0.3, -0.25) is 9.55 Å². The van der Waals surface area contributed by atoms with E-state index in [1.165, 1.54) is 0 Å². The van der Waals surface area contributed by atoms with Gasteiger partial charge in [0.15, 0.2) is 0 Å². The Bertz CT molecular complexity index is 707. The zero-order valence-corrected chi connectivity index (χ0v) is 16.7. The maximum atomic E-state index is 13.6. The predicted octanol–water partition coefficient (Wildman–Crippen LogP) is 5.21. The summed E-state index contributed by atoms with van der Waals surface area (Å²) in [5.74, 6) is 0.670. The van der Waals surface area contributed by atoms with Gasteiger partial charge in [-0.25, -0.2) is 0 Å². The molecule has 0 bridgehead atoms. The minimum Gasteiger partial charge on any atom is -0.497 e. The molecule has 0 amide bonds. The Kier molecular flexibility index (Phi) is 8.30. The van der Waals surface area contributed by atoms with Crippen molar-refractivity contribution in [1.82, 2.24) is 4.98 Å². The molecule has 26 heavy (non-hydrogen) atoms. The second-order valence-corrected chi connectivity index (χ2v) is 7.96. The highest BCUT2D eigenvalue weighted by atomic mass is 31.2. The van der Waals surface area contributed by atoms with Gasteiger partial charge in [-0.05, 0) is 43.2 Å². The lowest BCUT2D eigenvalue weighted by Gasteiger charge is -2.21. The van der Waals surface area contributed by atoms with Gasteiger partial charge in [0.1, 0.15) is 5.75 Å². The van der Waals surface area contributed by atoms with Crippen molar-refractivity contribution in [3.8, 4) is 17.0 Å². The van der Waals surface area contributed by atoms with Crippen LogP contribution in [0.25, 0.3) is 11.3 Å². The van der Waals surface area contributed by atoms with Crippen LogP contribution in [0.2, 0.25) is 0 Å². The summed E-state index contributed by atoms with van der Waals surface area (Å²) in [6, 6.07) is 11.0. The number of aromatic nitrogens is 1. The van der Waals surface area contributed by atoms with Crippen molar-refractivity contribution in [2.45, 2.75) is 39.5 Å². The summed E-state index contributed by atoms with van der Waals surface area (Å²) in [5.41, 5.74) is 1.42. The van der Waals surface area contributed by atoms with Crippen molar-refractivity contribution < 1.29 is 18.3 Å². The molecule has 0 radical (unpaired) electrons. The summed E-state index contributed by atoms with van der Waals surface area (Å²) >= 11 is 0. The molecule has 1 aromatic carbocycles. The minimum atomic E-state index is -3.46. The van der Waals surface area contributed by atoms with E-state index in [0.717, 1.165) is 25.7 Å². The van der Waals surface area contributed by atoms with Gasteiger partial charge in [-0.1, -0.05) is 32.8 Å². The van der Waals surface area contributed by atoms with Crippen molar-refractivity contribution in [3.63, 3.8) is 0 Å². The van der Waals surface area contributed by atoms with Crippen molar-refractivity contribution in [3.05, 3.63) is 42.6 Å². The highest BCUT2D eigenvalue weighted by molar-refractivity contribution is 7.62. The van der Waals surface area contributed by atoms with Gasteiger partial charge in [0.25, 0.3) is 0 Å². The number of rotatable bonds is 11. The van der Waals surface area contributed by atoms with E-state index in [9.17, 15) is 4.57 Å². The first-order valence-corrected chi connectivity index (χ1v) is 10.7. The van der Waals surface area contributed by atoms with Crippen LogP contribution in [0.15, 0.2) is 42.6 Å². The van der Waals surface area contributed by atoms with Crippen LogP contribution in [0.1, 0.15) is 39.5 Å². The molecule has 2 rings (SSSR count). The molecule has 1 heterocycles. The first-order chi connectivity index (χ1) is 12.6. The molecule has 0 aliphatic rings. The number of hydrogen-bond acceptors (Lipinski definition) is 5. The molecule has 2 aromatic rings. The lowest BCUT2D eigenvalue weighted by molar-refractivity contribution is 0.208. The third-order valence-corrected chi connectivity index (χ3v) is 5.98. The van der Waals surface area contributed by atoms with Gasteiger partial charge in [-0.2, -0.15) is 0 Å². The zero-order valence-electron chi connectivity index (χ0n) is 15.8. The summed E-state index contributed by atoms with van der Waals surface area (Å²) < 4.78 is 30.6. The molecule has 0 fully saturated rings. The van der Waals surface area contributed by atoms with E-state index in [2.05, 4.69) is 18.8 Å². The van der Waals surface area contributed by atoms with E-state index in [-0.39, 0.29) is 0 Å². The normalized spacial score (nSPS) is 11.5. The first-order valence-electron chi connectivity index (χ1n) is 9.13. The number of nitrogens with zero attached hydrogens (tertiary/aromatic N) is 1. The van der Waals surface area contributed by atoms with E-state index in [1.807, 2.05) is 24.3 Å². The van der Waals surface area contributed by atoms with Crippen molar-refractivity contribution >= 4 is 12.9 Å². The largest absolute Gasteiger partial charge is 0.497 e. The van der Waals surface area contributed by atoms with Gasteiger partial charge in [-0.15, -0.1) is 0 Å². The number of ether oxygens (including phenoxy) is 1. The molecule has 0 atom stereocenters. The van der Waals surface area contributed by atoms with Crippen molar-refractivity contribution in [2.24, 2.45) is 0 Å². The first kappa shape index (κ1) is 20.6. The van der Waals surface area contributed by atoms with E-state index in [4.69, 9.17) is 13.8 Å². The third kappa shape index (κ3) is 5.41. The smallest absolute Gasteiger partial charge is 0.362 e. The van der Waals surface area contributed by atoms with Crippen LogP contribution in [-0.4, -0.2) is 25.3 Å². The van der Waals surface area contributed by atoms with Gasteiger partial charge >= 0.3 is 7.60 Å². The Hall–Kier alpha value is -1.68. The number of methoxy groups -OCH3 is 1. The molecule has 0 spiro atoms. The van der Waals surface area contributed by atoms with E-state index in [0.29, 0.717) is 35.5 Å². The average Bonchev–Trinajstić information content (AvgIpc) is 2.68. The number of benzene rings is 1. The minimum absolute atomic E-state index is 0.396. The molecule has 142 valence electrons. The number of hydrogen-bond donors (Lipinski definition) is 0. The van der Waals surface area contributed by atoms with Crippen LogP contribution in [0, 0.1) is 0 Å². The molecular formula is C20H28NO4P. The van der Waals surface area contributed by atoms with Gasteiger partial charge < -0.3 is 13.8 Å². The molecule has 1 aromatic heterocycles. The van der Waals surface area contributed by atoms with E-state index in [1.54, 1.807) is 25.4 Å². The van der Waals surface area contributed by atoms with E-state index < -0.39 is 7.60 Å². The fraction of sp³-hybridized carbons (Fsp3) is 0.450. The second-order valence-electron chi connectivity index (χ2n) is 5.97. The summed E-state index contributed by atoms with van der Waals surface area (Å²) in [4.78, 5) is 4.40. The van der Waals surface area contributed by atoms with Crippen molar-refractivity contribution in [2.75, 3.05) is 20.3 Å². The number of unbranched alkanes of at least 4 members (excludes halogenated alkanes) is 2. The lowest BCUT2D eigenvalue weighted by atomic mass is 10.1. The molecular weight excluding hydrogens is 349 g/mol. The van der Waals surface area contributed by atoms with Crippen LogP contribution in [0.3, 0.4) is 0 Å². The zero-order chi connectivity index (χ0) is 18.8. The Morgan fingerprint density at radius 3 is 2.23 bits per heavy atom. The quantitative estimate of drug-likeness (QED) is 0.397. The Morgan fingerprint density at radius 2 is 1.69 bits per heavy atom. The standard InChI is InChI=1S/C20H28NO4P/c1-4-6-14-24-26(22,25-15-7-5-2)20-12-11-17(23-3)16-18(20)19-10-8-9-13-21-19/h8-13,16H,4-7,14-15H2,1-3H3. The molecule has 0 unspecified atom stereocenters. The molecule has 0 saturated carbocycles. The molecule has 0 N–H and O–H groups in total. The molecule has 5 nitrogen and oxygen atoms in total. The maximum absolute atomic E-state index is 13.6. The fourth-order valence-electron chi connectivity index (χ4n) is 2.44. The predicted molar refractivity (Wildman–Crippen MR) is 105 cm³/mol. The maximum Gasteiger partial charge on any atom is 0.362 e. The SMILES string of the molecule is CCCCOP(=O)(OCCCC)c1ccc(OC)cc1-c1ccccn1. The summed E-state index contributed by atoms with van der Waals surface area (Å²) in [6.07, 6.45) is 5.29. The fourth-order valence-corrected chi connectivity index (χ4v) is 4.27. The summed E-state index contributed by atoms with van der Waals surface area (Å²) in [7, 11) is -1.86. The van der Waals surface area contributed by atoms with Crippen LogP contribution in [-0.2, 0) is 13.6 Å². The lowest BCUT2D eigenvalue weighted by Crippen LogP contribution is -2.15. The molecule has 0 aliphatic carbocycles. The Morgan fingerprint density at radius 1 is 1.00 bits per heavy atom. The third-order valence-electron chi connectivity index (χ3n) is 3.96. The average molecular weight is 377 g/mol. The Labute approximate surface area is 156 Å². The number of pyridine rings is 1. The van der Waals surface area contributed by atoms with Gasteiger partial charge in [0.05, 0.1) is 31.3 Å². The van der Waals surface area contributed by atoms with Crippen LogP contribution >= 0.6 is 7.60 Å². The summed E-state index contributed by atoms with van der Waals surface area (Å²) in [6.45, 7) is 4.93.